The zero-order valence-corrected chi connectivity index (χ0v) is 7.79. The first-order valence-electron chi connectivity index (χ1n) is 4.17. The summed E-state index contributed by atoms with van der Waals surface area (Å²) in [7, 11) is 0. The lowest BCUT2D eigenvalue weighted by atomic mass is 10.0. The Morgan fingerprint density at radius 3 is 2.36 bits per heavy atom. The Morgan fingerprint density at radius 2 is 2.09 bits per heavy atom. The van der Waals surface area contributed by atoms with Crippen molar-refractivity contribution in [1.29, 1.82) is 0 Å². The lowest BCUT2D eigenvalue weighted by Crippen LogP contribution is -1.98. The van der Waals surface area contributed by atoms with Gasteiger partial charge in [-0.15, -0.1) is 0 Å². The second kappa shape index (κ2) is 5.96. The topological polar surface area (TPSA) is 21.6 Å². The molecule has 0 fully saturated rings. The molecule has 64 valence electrons. The number of allylic oxidation sites excluding steroid dienone is 1. The van der Waals surface area contributed by atoms with Crippen LogP contribution in [0.4, 0.5) is 0 Å². The van der Waals surface area contributed by atoms with Crippen LogP contribution in [0.15, 0.2) is 17.0 Å². The van der Waals surface area contributed by atoms with Crippen molar-refractivity contribution in [2.75, 3.05) is 0 Å². The van der Waals surface area contributed by atoms with Crippen molar-refractivity contribution in [2.24, 2.45) is 11.1 Å². The summed E-state index contributed by atoms with van der Waals surface area (Å²) in [5.41, 5.74) is 1.31. The lowest BCUT2D eigenvalue weighted by molar-refractivity contribution is 0.257. The monoisotopic (exact) mass is 155 g/mol. The molecule has 0 aromatic rings. The summed E-state index contributed by atoms with van der Waals surface area (Å²) in [6, 6.07) is 0. The number of hydrogen-bond acceptors (Lipinski definition) is 2. The fourth-order valence-corrected chi connectivity index (χ4v) is 0.704. The van der Waals surface area contributed by atoms with Crippen LogP contribution in [0.25, 0.3) is 0 Å². The summed E-state index contributed by atoms with van der Waals surface area (Å²) in [5.74, 6) is 0.580. The highest BCUT2D eigenvalue weighted by Crippen LogP contribution is 2.14. The molecule has 11 heavy (non-hydrogen) atoms. The van der Waals surface area contributed by atoms with E-state index in [-0.39, 0.29) is 0 Å². The van der Waals surface area contributed by atoms with Crippen molar-refractivity contribution >= 4 is 6.21 Å². The highest BCUT2D eigenvalue weighted by atomic mass is 16.6. The molecule has 1 rings (SSSR count). The molecule has 0 aromatic heterocycles. The maximum absolute atomic E-state index is 4.75. The molecule has 0 N–H and O–H groups in total. The number of hydrogen-bond donors (Lipinski definition) is 0. The third-order valence-electron chi connectivity index (χ3n) is 1.41. The predicted octanol–water partition coefficient (Wildman–Crippen LogP) is 2.96. The van der Waals surface area contributed by atoms with Crippen LogP contribution >= 0.6 is 0 Å². The van der Waals surface area contributed by atoms with Crippen molar-refractivity contribution in [1.82, 2.24) is 0 Å². The molecule has 0 atom stereocenters. The minimum absolute atomic E-state index is 0.580. The molecule has 2 heteroatoms. The maximum Gasteiger partial charge on any atom is 0.121 e. The maximum atomic E-state index is 4.75. The summed E-state index contributed by atoms with van der Waals surface area (Å²) < 4.78 is 0. The van der Waals surface area contributed by atoms with Crippen LogP contribution < -0.4 is 0 Å². The van der Waals surface area contributed by atoms with Gasteiger partial charge in [-0.2, -0.15) is 0 Å². The minimum Gasteiger partial charge on any atom is -0.365 e. The van der Waals surface area contributed by atoms with Gasteiger partial charge in [0.05, 0.1) is 0 Å². The van der Waals surface area contributed by atoms with Gasteiger partial charge in [-0.3, -0.25) is 0 Å². The molecular weight excluding hydrogens is 138 g/mol. The van der Waals surface area contributed by atoms with Crippen molar-refractivity contribution in [3.8, 4) is 0 Å². The third-order valence-corrected chi connectivity index (χ3v) is 1.41. The van der Waals surface area contributed by atoms with Gasteiger partial charge in [-0.1, -0.05) is 32.9 Å². The highest BCUT2D eigenvalue weighted by molar-refractivity contribution is 5.61. The van der Waals surface area contributed by atoms with E-state index in [4.69, 9.17) is 4.84 Å². The molecular formula is C9H17NO. The SMILES string of the molecule is CC.CC(C)C1=CON=CC1. The van der Waals surface area contributed by atoms with Gasteiger partial charge in [-0.05, 0) is 11.5 Å². The summed E-state index contributed by atoms with van der Waals surface area (Å²) in [6.07, 6.45) is 4.46. The van der Waals surface area contributed by atoms with E-state index in [0.717, 1.165) is 6.42 Å². The lowest BCUT2D eigenvalue weighted by Gasteiger charge is -2.09. The molecule has 0 bridgehead atoms. The second-order valence-electron chi connectivity index (χ2n) is 2.44. The number of rotatable bonds is 1. The molecule has 0 spiro atoms. The first kappa shape index (κ1) is 10.2. The van der Waals surface area contributed by atoms with E-state index in [1.165, 1.54) is 5.57 Å². The summed E-state index contributed by atoms with van der Waals surface area (Å²) >= 11 is 0. The quantitative estimate of drug-likeness (QED) is 0.570. The Labute approximate surface area is 68.9 Å². The van der Waals surface area contributed by atoms with E-state index < -0.39 is 0 Å². The first-order valence-corrected chi connectivity index (χ1v) is 4.17. The van der Waals surface area contributed by atoms with Crippen LogP contribution in [0.1, 0.15) is 34.1 Å². The van der Waals surface area contributed by atoms with Gasteiger partial charge in [0.1, 0.15) is 6.26 Å². The molecule has 2 nitrogen and oxygen atoms in total. The van der Waals surface area contributed by atoms with Crippen LogP contribution in [-0.4, -0.2) is 6.21 Å². The van der Waals surface area contributed by atoms with Gasteiger partial charge in [0.25, 0.3) is 0 Å². The van der Waals surface area contributed by atoms with Crippen LogP contribution in [0.2, 0.25) is 0 Å². The van der Waals surface area contributed by atoms with Crippen molar-refractivity contribution < 1.29 is 4.84 Å². The van der Waals surface area contributed by atoms with E-state index in [1.54, 1.807) is 12.5 Å². The molecule has 0 unspecified atom stereocenters. The first-order chi connectivity index (χ1) is 5.30. The predicted molar refractivity (Wildman–Crippen MR) is 48.5 cm³/mol. The Hall–Kier alpha value is -0.790. The molecule has 1 aliphatic rings. The van der Waals surface area contributed by atoms with Gasteiger partial charge < -0.3 is 4.84 Å². The van der Waals surface area contributed by atoms with Crippen LogP contribution in [-0.2, 0) is 4.84 Å². The summed E-state index contributed by atoms with van der Waals surface area (Å²) in [5, 5.41) is 3.61. The van der Waals surface area contributed by atoms with Crippen molar-refractivity contribution in [2.45, 2.75) is 34.1 Å². The fourth-order valence-electron chi connectivity index (χ4n) is 0.704. The average Bonchev–Trinajstić information content (AvgIpc) is 2.10. The van der Waals surface area contributed by atoms with Crippen LogP contribution in [0, 0.1) is 5.92 Å². The van der Waals surface area contributed by atoms with E-state index in [1.807, 2.05) is 13.8 Å². The third kappa shape index (κ3) is 3.81. The van der Waals surface area contributed by atoms with E-state index >= 15 is 0 Å². The molecule has 0 aromatic carbocycles. The normalized spacial score (nSPS) is 14.8. The average molecular weight is 155 g/mol. The zero-order valence-electron chi connectivity index (χ0n) is 7.79. The molecule has 0 amide bonds. The largest absolute Gasteiger partial charge is 0.365 e. The molecule has 1 heterocycles. The fraction of sp³-hybridized carbons (Fsp3) is 0.667. The molecule has 0 radical (unpaired) electrons. The van der Waals surface area contributed by atoms with Gasteiger partial charge in [-0.25, -0.2) is 0 Å². The molecule has 0 saturated heterocycles. The Kier molecular flexibility index (Phi) is 5.53. The second-order valence-corrected chi connectivity index (χ2v) is 2.44. The van der Waals surface area contributed by atoms with Gasteiger partial charge >= 0.3 is 0 Å². The van der Waals surface area contributed by atoms with Gasteiger partial charge in [0.15, 0.2) is 0 Å². The van der Waals surface area contributed by atoms with E-state index in [2.05, 4.69) is 19.0 Å². The van der Waals surface area contributed by atoms with Crippen LogP contribution in [0.3, 0.4) is 0 Å². The summed E-state index contributed by atoms with van der Waals surface area (Å²) in [4.78, 5) is 4.75. The van der Waals surface area contributed by atoms with E-state index in [0.29, 0.717) is 5.92 Å². The molecule has 0 saturated carbocycles. The van der Waals surface area contributed by atoms with Gasteiger partial charge in [0.2, 0.25) is 0 Å². The van der Waals surface area contributed by atoms with Crippen LogP contribution in [0.5, 0.6) is 0 Å². The van der Waals surface area contributed by atoms with Gasteiger partial charge in [0, 0.05) is 12.6 Å². The Morgan fingerprint density at radius 1 is 1.45 bits per heavy atom. The van der Waals surface area contributed by atoms with Crippen molar-refractivity contribution in [3.05, 3.63) is 11.8 Å². The number of nitrogens with zero attached hydrogens (tertiary/aromatic N) is 1. The Balaban J connectivity index is 0.000000461. The molecule has 1 aliphatic heterocycles. The standard InChI is InChI=1S/C7H11NO.C2H6/c1-6(2)7-3-4-8-9-5-7;1-2/h4-6H,3H2,1-2H3;1-2H3. The van der Waals surface area contributed by atoms with E-state index in [9.17, 15) is 0 Å². The smallest absolute Gasteiger partial charge is 0.121 e. The van der Waals surface area contributed by atoms with Crippen molar-refractivity contribution in [3.63, 3.8) is 0 Å². The Bertz CT molecular complexity index is 148. The minimum atomic E-state index is 0.580. The number of oxime groups is 1. The summed E-state index contributed by atoms with van der Waals surface area (Å²) in [6.45, 7) is 8.29. The zero-order chi connectivity index (χ0) is 8.69. The highest BCUT2D eigenvalue weighted by Gasteiger charge is 2.04. The molecule has 0 aliphatic carbocycles.